The van der Waals surface area contributed by atoms with Crippen LogP contribution in [0.3, 0.4) is 0 Å². The molecule has 1 atom stereocenters. The summed E-state index contributed by atoms with van der Waals surface area (Å²) in [6.45, 7) is 1.25. The molecule has 0 radical (unpaired) electrons. The van der Waals surface area contributed by atoms with Gasteiger partial charge in [0.05, 0.1) is 18.6 Å². The summed E-state index contributed by atoms with van der Waals surface area (Å²) in [6, 6.07) is 13.8. The molecule has 1 unspecified atom stereocenters. The zero-order valence-electron chi connectivity index (χ0n) is 16.2. The first-order valence-electron chi connectivity index (χ1n) is 9.38. The van der Waals surface area contributed by atoms with Crippen molar-refractivity contribution in [3.8, 4) is 5.75 Å². The van der Waals surface area contributed by atoms with Crippen molar-refractivity contribution in [2.24, 2.45) is 0 Å². The topological polar surface area (TPSA) is 56.8 Å². The van der Waals surface area contributed by atoms with Gasteiger partial charge >= 0.3 is 0 Å². The first kappa shape index (κ1) is 20.3. The van der Waals surface area contributed by atoms with E-state index < -0.39 is 11.5 Å². The van der Waals surface area contributed by atoms with Gasteiger partial charge < -0.3 is 19.5 Å². The summed E-state index contributed by atoms with van der Waals surface area (Å²) in [4.78, 5) is 13.4. The van der Waals surface area contributed by atoms with E-state index in [-0.39, 0.29) is 18.3 Å². The van der Waals surface area contributed by atoms with Crippen molar-refractivity contribution in [1.82, 2.24) is 5.32 Å². The van der Waals surface area contributed by atoms with Crippen molar-refractivity contribution in [2.45, 2.75) is 24.4 Å². The Hall–Kier alpha value is -2.44. The molecule has 2 aromatic carbocycles. The molecule has 1 fully saturated rings. The molecule has 1 heterocycles. The molecule has 150 valence electrons. The molecule has 6 heteroatoms. The Labute approximate surface area is 164 Å². The third-order valence-corrected chi connectivity index (χ3v) is 5.36. The Morgan fingerprint density at radius 1 is 1.18 bits per heavy atom. The lowest BCUT2D eigenvalue weighted by Gasteiger charge is -2.37. The van der Waals surface area contributed by atoms with Crippen molar-refractivity contribution in [3.63, 3.8) is 0 Å². The summed E-state index contributed by atoms with van der Waals surface area (Å²) in [5, 5.41) is 3.01. The van der Waals surface area contributed by atoms with Crippen LogP contribution in [0.25, 0.3) is 0 Å². The molecular weight excluding hydrogens is 361 g/mol. The van der Waals surface area contributed by atoms with Gasteiger partial charge in [0.2, 0.25) is 5.91 Å². The smallest absolute Gasteiger partial charge is 0.231 e. The molecular formula is C22H26FNO4. The molecule has 1 aliphatic rings. The lowest BCUT2D eigenvalue weighted by atomic mass is 9.73. The van der Waals surface area contributed by atoms with E-state index in [1.165, 1.54) is 12.1 Å². The van der Waals surface area contributed by atoms with Gasteiger partial charge in [0.1, 0.15) is 11.6 Å². The second-order valence-corrected chi connectivity index (χ2v) is 6.88. The van der Waals surface area contributed by atoms with Crippen LogP contribution in [0.5, 0.6) is 5.75 Å². The molecule has 0 bridgehead atoms. The number of halogens is 1. The number of benzene rings is 2. The normalized spacial score (nSPS) is 17.0. The molecule has 0 aromatic heterocycles. The van der Waals surface area contributed by atoms with E-state index in [9.17, 15) is 9.18 Å². The van der Waals surface area contributed by atoms with Crippen LogP contribution in [0.4, 0.5) is 4.39 Å². The maximum atomic E-state index is 13.5. The van der Waals surface area contributed by atoms with Gasteiger partial charge in [0, 0.05) is 32.4 Å². The summed E-state index contributed by atoms with van der Waals surface area (Å²) in [6.07, 6.45) is 0.697. The summed E-state index contributed by atoms with van der Waals surface area (Å²) in [5.41, 5.74) is 0.810. The summed E-state index contributed by atoms with van der Waals surface area (Å²) in [5.74, 6) is 0.257. The van der Waals surface area contributed by atoms with Gasteiger partial charge in [0.25, 0.3) is 0 Å². The van der Waals surface area contributed by atoms with Crippen LogP contribution in [0.2, 0.25) is 0 Å². The van der Waals surface area contributed by atoms with Crippen LogP contribution in [-0.4, -0.2) is 39.9 Å². The molecule has 5 nitrogen and oxygen atoms in total. The quantitative estimate of drug-likeness (QED) is 0.791. The number of nitrogens with one attached hydrogen (secondary N) is 1. The van der Waals surface area contributed by atoms with Crippen LogP contribution in [0.15, 0.2) is 48.5 Å². The van der Waals surface area contributed by atoms with E-state index in [4.69, 9.17) is 14.2 Å². The molecule has 0 aliphatic carbocycles. The molecule has 28 heavy (non-hydrogen) atoms. The molecule has 0 saturated carbocycles. The first-order chi connectivity index (χ1) is 13.6. The summed E-state index contributed by atoms with van der Waals surface area (Å²) >= 11 is 0. The van der Waals surface area contributed by atoms with Crippen LogP contribution >= 0.6 is 0 Å². The molecule has 1 N–H and O–H groups in total. The number of carbonyl (C=O) groups is 1. The summed E-state index contributed by atoms with van der Waals surface area (Å²) in [7, 11) is 3.15. The second-order valence-electron chi connectivity index (χ2n) is 6.88. The highest BCUT2D eigenvalue weighted by molar-refractivity contribution is 5.89. The number of hydrogen-bond acceptors (Lipinski definition) is 4. The van der Waals surface area contributed by atoms with Gasteiger partial charge in [-0.1, -0.05) is 30.3 Å². The van der Waals surface area contributed by atoms with Crippen LogP contribution in [0.1, 0.15) is 30.1 Å². The van der Waals surface area contributed by atoms with E-state index in [0.29, 0.717) is 37.4 Å². The third-order valence-electron chi connectivity index (χ3n) is 5.36. The van der Waals surface area contributed by atoms with E-state index in [1.54, 1.807) is 26.4 Å². The van der Waals surface area contributed by atoms with Gasteiger partial charge in [-0.15, -0.1) is 0 Å². The molecule has 3 rings (SSSR count). The van der Waals surface area contributed by atoms with E-state index >= 15 is 0 Å². The average molecular weight is 387 g/mol. The second kappa shape index (κ2) is 9.17. The van der Waals surface area contributed by atoms with Crippen molar-refractivity contribution in [3.05, 3.63) is 65.5 Å². The van der Waals surface area contributed by atoms with Gasteiger partial charge in [-0.05, 0) is 36.6 Å². The minimum absolute atomic E-state index is 0.0984. The highest BCUT2D eigenvalue weighted by Gasteiger charge is 2.43. The Morgan fingerprint density at radius 3 is 2.61 bits per heavy atom. The predicted octanol–water partition coefficient (Wildman–Crippen LogP) is 3.39. The van der Waals surface area contributed by atoms with Crippen LogP contribution in [0, 0.1) is 5.82 Å². The molecule has 0 spiro atoms. The monoisotopic (exact) mass is 387 g/mol. The number of rotatable bonds is 7. The number of hydrogen-bond donors (Lipinski definition) is 1. The first-order valence-corrected chi connectivity index (χ1v) is 9.38. The number of carbonyl (C=O) groups excluding carboxylic acids is 1. The molecule has 2 aromatic rings. The van der Waals surface area contributed by atoms with E-state index in [1.807, 2.05) is 24.3 Å². The number of para-hydroxylation sites is 1. The molecule has 1 amide bonds. The highest BCUT2D eigenvalue weighted by Crippen LogP contribution is 2.40. The van der Waals surface area contributed by atoms with Gasteiger partial charge in [-0.2, -0.15) is 0 Å². The van der Waals surface area contributed by atoms with Crippen molar-refractivity contribution >= 4 is 5.91 Å². The van der Waals surface area contributed by atoms with Gasteiger partial charge in [-0.3, -0.25) is 4.79 Å². The predicted molar refractivity (Wildman–Crippen MR) is 104 cm³/mol. The van der Waals surface area contributed by atoms with Gasteiger partial charge in [-0.25, -0.2) is 4.39 Å². The fourth-order valence-electron chi connectivity index (χ4n) is 3.78. The largest absolute Gasteiger partial charge is 0.496 e. The van der Waals surface area contributed by atoms with Crippen molar-refractivity contribution < 1.29 is 23.4 Å². The number of amides is 1. The average Bonchev–Trinajstić information content (AvgIpc) is 2.74. The Morgan fingerprint density at radius 2 is 1.93 bits per heavy atom. The highest BCUT2D eigenvalue weighted by atomic mass is 19.1. The lowest BCUT2D eigenvalue weighted by Crippen LogP contribution is -2.49. The summed E-state index contributed by atoms with van der Waals surface area (Å²) < 4.78 is 30.1. The fraction of sp³-hybridized carbons (Fsp3) is 0.409. The van der Waals surface area contributed by atoms with Gasteiger partial charge in [0.15, 0.2) is 0 Å². The Bertz CT molecular complexity index is 805. The van der Waals surface area contributed by atoms with E-state index in [0.717, 1.165) is 5.56 Å². The van der Waals surface area contributed by atoms with Crippen LogP contribution < -0.4 is 10.1 Å². The third kappa shape index (κ3) is 4.18. The maximum absolute atomic E-state index is 13.5. The maximum Gasteiger partial charge on any atom is 0.231 e. The molecule has 1 saturated heterocycles. The number of methoxy groups -OCH3 is 2. The van der Waals surface area contributed by atoms with Crippen LogP contribution in [-0.2, 0) is 19.7 Å². The fourth-order valence-corrected chi connectivity index (χ4v) is 3.78. The SMILES string of the molecule is COc1ccccc1C1(C(=O)NCC(OC)c2cccc(F)c2)CCOCC1. The Balaban J connectivity index is 1.82. The lowest BCUT2D eigenvalue weighted by molar-refractivity contribution is -0.131. The zero-order chi connectivity index (χ0) is 20.0. The minimum atomic E-state index is -0.731. The van der Waals surface area contributed by atoms with Crippen molar-refractivity contribution in [1.29, 1.82) is 0 Å². The Kier molecular flexibility index (Phi) is 6.65. The standard InChI is InChI=1S/C22H26FNO4/c1-26-19-9-4-3-8-18(19)22(10-12-28-13-11-22)21(25)24-15-20(27-2)16-6-5-7-17(23)14-16/h3-9,14,20H,10-13,15H2,1-2H3,(H,24,25). The molecule has 1 aliphatic heterocycles. The zero-order valence-corrected chi connectivity index (χ0v) is 16.2. The minimum Gasteiger partial charge on any atom is -0.496 e. The number of ether oxygens (including phenoxy) is 3. The van der Waals surface area contributed by atoms with Crippen molar-refractivity contribution in [2.75, 3.05) is 34.0 Å². The van der Waals surface area contributed by atoms with E-state index in [2.05, 4.69) is 5.32 Å².